The molecule has 0 aliphatic heterocycles. The minimum absolute atomic E-state index is 0.129. The smallest absolute Gasteiger partial charge is 0.255 e. The van der Waals surface area contributed by atoms with Gasteiger partial charge in [-0.15, -0.1) is 0 Å². The molecule has 1 heterocycles. The summed E-state index contributed by atoms with van der Waals surface area (Å²) in [7, 11) is 0. The van der Waals surface area contributed by atoms with E-state index in [1.165, 1.54) is 16.9 Å². The first-order valence-electron chi connectivity index (χ1n) is 6.57. The normalized spacial score (nSPS) is 10.8. The number of amides is 1. The molecule has 0 fully saturated rings. The monoisotopic (exact) mass is 297 g/mol. The number of aromatic nitrogens is 1. The van der Waals surface area contributed by atoms with E-state index in [0.717, 1.165) is 21.5 Å². The fourth-order valence-electron chi connectivity index (χ4n) is 2.23. The number of rotatable bonds is 2. The average Bonchev–Trinajstić information content (AvgIpc) is 2.80. The lowest BCUT2D eigenvalue weighted by molar-refractivity contribution is 0.102. The maximum absolute atomic E-state index is 12.3. The van der Waals surface area contributed by atoms with Gasteiger partial charge in [-0.1, -0.05) is 29.0 Å². The summed E-state index contributed by atoms with van der Waals surface area (Å²) >= 11 is 1.38. The summed E-state index contributed by atoms with van der Waals surface area (Å²) < 4.78 is 0.917. The van der Waals surface area contributed by atoms with E-state index in [1.54, 1.807) is 6.07 Å². The van der Waals surface area contributed by atoms with Crippen molar-refractivity contribution in [2.45, 2.75) is 13.8 Å². The highest BCUT2D eigenvalue weighted by Crippen LogP contribution is 2.25. The molecule has 3 N–H and O–H groups in total. The van der Waals surface area contributed by atoms with E-state index >= 15 is 0 Å². The van der Waals surface area contributed by atoms with E-state index in [1.807, 2.05) is 44.2 Å². The van der Waals surface area contributed by atoms with Gasteiger partial charge in [-0.2, -0.15) is 0 Å². The Morgan fingerprint density at radius 3 is 2.76 bits per heavy atom. The van der Waals surface area contributed by atoms with Crippen molar-refractivity contribution >= 4 is 38.3 Å². The van der Waals surface area contributed by atoms with Gasteiger partial charge in [0.15, 0.2) is 5.13 Å². The molecule has 3 rings (SSSR count). The number of anilines is 2. The molecule has 0 aliphatic carbocycles. The first-order chi connectivity index (χ1) is 10.0. The lowest BCUT2D eigenvalue weighted by Gasteiger charge is -2.09. The SMILES string of the molecule is Cc1ccc(NC(=O)c2ccc3nc(N)sc3c2)c(C)c1. The number of fused-ring (bicyclic) bond motifs is 1. The third-order valence-electron chi connectivity index (χ3n) is 3.30. The largest absolute Gasteiger partial charge is 0.375 e. The van der Waals surface area contributed by atoms with Crippen molar-refractivity contribution in [1.29, 1.82) is 0 Å². The summed E-state index contributed by atoms with van der Waals surface area (Å²) in [5.41, 5.74) is 10.2. The number of nitrogen functional groups attached to an aromatic ring is 1. The maximum Gasteiger partial charge on any atom is 0.255 e. The number of carbonyl (C=O) groups is 1. The fraction of sp³-hybridized carbons (Fsp3) is 0.125. The molecular weight excluding hydrogens is 282 g/mol. The zero-order valence-corrected chi connectivity index (χ0v) is 12.6. The van der Waals surface area contributed by atoms with Gasteiger partial charge >= 0.3 is 0 Å². The Bertz CT molecular complexity index is 839. The zero-order valence-electron chi connectivity index (χ0n) is 11.8. The second-order valence-electron chi connectivity index (χ2n) is 5.01. The maximum atomic E-state index is 12.3. The van der Waals surface area contributed by atoms with Gasteiger partial charge in [0, 0.05) is 11.3 Å². The molecule has 5 heteroatoms. The van der Waals surface area contributed by atoms with Crippen LogP contribution in [-0.2, 0) is 0 Å². The molecule has 0 aliphatic rings. The summed E-state index contributed by atoms with van der Waals surface area (Å²) in [6.07, 6.45) is 0. The van der Waals surface area contributed by atoms with Gasteiger partial charge in [0.2, 0.25) is 0 Å². The lowest BCUT2D eigenvalue weighted by Crippen LogP contribution is -2.12. The standard InChI is InChI=1S/C16H15N3OS/c1-9-3-5-12(10(2)7-9)18-15(20)11-4-6-13-14(8-11)21-16(17)19-13/h3-8H,1-2H3,(H2,17,19)(H,18,20). The van der Waals surface area contributed by atoms with E-state index < -0.39 is 0 Å². The number of nitrogens with one attached hydrogen (secondary N) is 1. The van der Waals surface area contributed by atoms with Crippen molar-refractivity contribution < 1.29 is 4.79 Å². The number of benzene rings is 2. The van der Waals surface area contributed by atoms with E-state index in [2.05, 4.69) is 10.3 Å². The highest BCUT2D eigenvalue weighted by atomic mass is 32.1. The molecule has 0 saturated heterocycles. The Morgan fingerprint density at radius 1 is 1.19 bits per heavy atom. The van der Waals surface area contributed by atoms with Crippen LogP contribution in [0.15, 0.2) is 36.4 Å². The van der Waals surface area contributed by atoms with Gasteiger partial charge in [0.25, 0.3) is 5.91 Å². The van der Waals surface area contributed by atoms with E-state index in [9.17, 15) is 4.79 Å². The Labute approximate surface area is 126 Å². The predicted octanol–water partition coefficient (Wildman–Crippen LogP) is 3.75. The van der Waals surface area contributed by atoms with Crippen LogP contribution in [0.4, 0.5) is 10.8 Å². The summed E-state index contributed by atoms with van der Waals surface area (Å²) in [5.74, 6) is -0.129. The van der Waals surface area contributed by atoms with E-state index in [0.29, 0.717) is 10.7 Å². The van der Waals surface area contributed by atoms with Crippen LogP contribution in [0.5, 0.6) is 0 Å². The minimum Gasteiger partial charge on any atom is -0.375 e. The first-order valence-corrected chi connectivity index (χ1v) is 7.39. The van der Waals surface area contributed by atoms with Crippen LogP contribution in [0.2, 0.25) is 0 Å². The molecule has 0 spiro atoms. The lowest BCUT2D eigenvalue weighted by atomic mass is 10.1. The van der Waals surface area contributed by atoms with Crippen molar-refractivity contribution in [3.63, 3.8) is 0 Å². The number of thiazole rings is 1. The summed E-state index contributed by atoms with van der Waals surface area (Å²) in [6.45, 7) is 4.01. The van der Waals surface area contributed by atoms with Gasteiger partial charge in [-0.3, -0.25) is 4.79 Å². The van der Waals surface area contributed by atoms with Gasteiger partial charge in [0.1, 0.15) is 0 Å². The Hall–Kier alpha value is -2.40. The number of nitrogens with zero attached hydrogens (tertiary/aromatic N) is 1. The zero-order chi connectivity index (χ0) is 15.0. The van der Waals surface area contributed by atoms with Gasteiger partial charge < -0.3 is 11.1 Å². The van der Waals surface area contributed by atoms with Crippen LogP contribution >= 0.6 is 11.3 Å². The van der Waals surface area contributed by atoms with Gasteiger partial charge in [-0.05, 0) is 43.7 Å². The second-order valence-corrected chi connectivity index (χ2v) is 6.07. The molecule has 21 heavy (non-hydrogen) atoms. The van der Waals surface area contributed by atoms with Crippen molar-refractivity contribution in [3.8, 4) is 0 Å². The Morgan fingerprint density at radius 2 is 2.00 bits per heavy atom. The van der Waals surface area contributed by atoms with Crippen molar-refractivity contribution in [1.82, 2.24) is 4.98 Å². The minimum atomic E-state index is -0.129. The summed E-state index contributed by atoms with van der Waals surface area (Å²) in [4.78, 5) is 16.5. The summed E-state index contributed by atoms with van der Waals surface area (Å²) in [5, 5.41) is 3.45. The molecule has 3 aromatic rings. The molecular formula is C16H15N3OS. The topological polar surface area (TPSA) is 68.0 Å². The van der Waals surface area contributed by atoms with Crippen LogP contribution in [0.25, 0.3) is 10.2 Å². The van der Waals surface area contributed by atoms with Crippen molar-refractivity contribution in [2.75, 3.05) is 11.1 Å². The molecule has 2 aromatic carbocycles. The Balaban J connectivity index is 1.89. The average molecular weight is 297 g/mol. The molecule has 0 unspecified atom stereocenters. The van der Waals surface area contributed by atoms with E-state index in [4.69, 9.17) is 5.73 Å². The molecule has 0 bridgehead atoms. The van der Waals surface area contributed by atoms with Gasteiger partial charge in [-0.25, -0.2) is 4.98 Å². The third-order valence-corrected chi connectivity index (χ3v) is 4.14. The number of aryl methyl sites for hydroxylation is 2. The number of hydrogen-bond acceptors (Lipinski definition) is 4. The van der Waals surface area contributed by atoms with Crippen LogP contribution in [0.3, 0.4) is 0 Å². The number of carbonyl (C=O) groups excluding carboxylic acids is 1. The molecule has 1 amide bonds. The predicted molar refractivity (Wildman–Crippen MR) is 87.9 cm³/mol. The van der Waals surface area contributed by atoms with Crippen molar-refractivity contribution in [3.05, 3.63) is 53.1 Å². The molecule has 4 nitrogen and oxygen atoms in total. The van der Waals surface area contributed by atoms with Crippen molar-refractivity contribution in [2.24, 2.45) is 0 Å². The molecule has 0 radical (unpaired) electrons. The van der Waals surface area contributed by atoms with Crippen LogP contribution in [0.1, 0.15) is 21.5 Å². The molecule has 0 atom stereocenters. The van der Waals surface area contributed by atoms with Crippen LogP contribution < -0.4 is 11.1 Å². The third kappa shape index (κ3) is 2.73. The molecule has 0 saturated carbocycles. The molecule has 1 aromatic heterocycles. The van der Waals surface area contributed by atoms with Gasteiger partial charge in [0.05, 0.1) is 10.2 Å². The quantitative estimate of drug-likeness (QED) is 0.757. The van der Waals surface area contributed by atoms with Crippen LogP contribution in [-0.4, -0.2) is 10.9 Å². The highest BCUT2D eigenvalue weighted by Gasteiger charge is 2.10. The summed E-state index contributed by atoms with van der Waals surface area (Å²) in [6, 6.07) is 11.4. The van der Waals surface area contributed by atoms with Crippen LogP contribution in [0, 0.1) is 13.8 Å². The molecule has 106 valence electrons. The first kappa shape index (κ1) is 13.6. The fourth-order valence-corrected chi connectivity index (χ4v) is 3.01. The number of hydrogen-bond donors (Lipinski definition) is 2. The number of nitrogens with two attached hydrogens (primary N) is 1. The van der Waals surface area contributed by atoms with E-state index in [-0.39, 0.29) is 5.91 Å². The highest BCUT2D eigenvalue weighted by molar-refractivity contribution is 7.22. The Kier molecular flexibility index (Phi) is 3.35. The second kappa shape index (κ2) is 5.18.